The highest BCUT2D eigenvalue weighted by atomic mass is 16.5. The zero-order valence-electron chi connectivity index (χ0n) is 15.6. The van der Waals surface area contributed by atoms with E-state index in [1.54, 1.807) is 6.07 Å². The molecule has 1 atom stereocenters. The summed E-state index contributed by atoms with van der Waals surface area (Å²) in [7, 11) is 0. The Morgan fingerprint density at radius 2 is 1.81 bits per heavy atom. The van der Waals surface area contributed by atoms with E-state index in [-0.39, 0.29) is 18.4 Å². The smallest absolute Gasteiger partial charge is 0.408 e. The fourth-order valence-electron chi connectivity index (χ4n) is 2.54. The van der Waals surface area contributed by atoms with Gasteiger partial charge in [0.15, 0.2) is 0 Å². The standard InChI is InChI=1S/C20H25N3O3/c1-13(2)18(19(24)22-17-11-14(3)10-15(4)21-17)23-20(25)26-12-16-8-6-5-7-9-16/h5-11,13,18H,12H2,1-4H3,(H,23,25)(H,21,22,24)/t18-/m0/s1. The van der Waals surface area contributed by atoms with E-state index in [0.29, 0.717) is 5.82 Å². The predicted molar refractivity (Wildman–Crippen MR) is 101 cm³/mol. The van der Waals surface area contributed by atoms with Crippen LogP contribution in [-0.4, -0.2) is 23.0 Å². The van der Waals surface area contributed by atoms with Crippen molar-refractivity contribution >= 4 is 17.8 Å². The molecule has 138 valence electrons. The van der Waals surface area contributed by atoms with Crippen molar-refractivity contribution in [3.8, 4) is 0 Å². The van der Waals surface area contributed by atoms with Gasteiger partial charge in [-0.15, -0.1) is 0 Å². The minimum atomic E-state index is -0.721. The third kappa shape index (κ3) is 5.88. The number of nitrogens with one attached hydrogen (secondary N) is 2. The highest BCUT2D eigenvalue weighted by Crippen LogP contribution is 2.11. The summed E-state index contributed by atoms with van der Waals surface area (Å²) in [6, 6.07) is 12.4. The number of alkyl carbamates (subject to hydrolysis) is 1. The van der Waals surface area contributed by atoms with Gasteiger partial charge in [0.2, 0.25) is 5.91 Å². The van der Waals surface area contributed by atoms with Gasteiger partial charge in [0.05, 0.1) is 0 Å². The molecule has 0 bridgehead atoms. The average Bonchev–Trinajstić information content (AvgIpc) is 2.57. The fourth-order valence-corrected chi connectivity index (χ4v) is 2.54. The lowest BCUT2D eigenvalue weighted by atomic mass is 10.0. The van der Waals surface area contributed by atoms with Crippen molar-refractivity contribution in [1.82, 2.24) is 10.3 Å². The quantitative estimate of drug-likeness (QED) is 0.830. The van der Waals surface area contributed by atoms with Crippen LogP contribution in [-0.2, 0) is 16.1 Å². The lowest BCUT2D eigenvalue weighted by molar-refractivity contribution is -0.119. The van der Waals surface area contributed by atoms with Crippen LogP contribution in [0.1, 0.15) is 30.7 Å². The summed E-state index contributed by atoms with van der Waals surface area (Å²) >= 11 is 0. The number of carbonyl (C=O) groups excluding carboxylic acids is 2. The highest BCUT2D eigenvalue weighted by Gasteiger charge is 2.25. The fraction of sp³-hybridized carbons (Fsp3) is 0.350. The Labute approximate surface area is 154 Å². The molecule has 2 amide bonds. The first-order valence-corrected chi connectivity index (χ1v) is 8.58. The van der Waals surface area contributed by atoms with Gasteiger partial charge in [-0.2, -0.15) is 0 Å². The normalized spacial score (nSPS) is 11.7. The molecule has 0 aliphatic heterocycles. The number of ether oxygens (including phenoxy) is 1. The summed E-state index contributed by atoms with van der Waals surface area (Å²) in [4.78, 5) is 28.9. The molecule has 1 heterocycles. The van der Waals surface area contributed by atoms with Gasteiger partial charge in [-0.05, 0) is 43.0 Å². The first-order chi connectivity index (χ1) is 12.3. The number of hydrogen-bond donors (Lipinski definition) is 2. The number of pyridine rings is 1. The Kier molecular flexibility index (Phi) is 6.72. The lowest BCUT2D eigenvalue weighted by Crippen LogP contribution is -2.47. The number of aryl methyl sites for hydroxylation is 2. The zero-order chi connectivity index (χ0) is 19.1. The van der Waals surface area contributed by atoms with Crippen LogP contribution in [0.15, 0.2) is 42.5 Å². The maximum Gasteiger partial charge on any atom is 0.408 e. The summed E-state index contributed by atoms with van der Waals surface area (Å²) < 4.78 is 5.20. The van der Waals surface area contributed by atoms with Crippen LogP contribution < -0.4 is 10.6 Å². The van der Waals surface area contributed by atoms with Crippen molar-refractivity contribution in [3.63, 3.8) is 0 Å². The Bertz CT molecular complexity index is 740. The molecule has 2 aromatic rings. The molecule has 0 spiro atoms. The molecule has 6 nitrogen and oxygen atoms in total. The van der Waals surface area contributed by atoms with Crippen LogP contribution >= 0.6 is 0 Å². The van der Waals surface area contributed by atoms with Crippen molar-refractivity contribution in [1.29, 1.82) is 0 Å². The van der Waals surface area contributed by atoms with Crippen LogP contribution in [0, 0.1) is 19.8 Å². The molecule has 26 heavy (non-hydrogen) atoms. The van der Waals surface area contributed by atoms with E-state index in [1.165, 1.54) is 0 Å². The second-order valence-electron chi connectivity index (χ2n) is 6.59. The molecule has 0 saturated heterocycles. The lowest BCUT2D eigenvalue weighted by Gasteiger charge is -2.21. The number of hydrogen-bond acceptors (Lipinski definition) is 4. The van der Waals surface area contributed by atoms with Gasteiger partial charge in [0, 0.05) is 5.69 Å². The van der Waals surface area contributed by atoms with Crippen molar-refractivity contribution in [2.45, 2.75) is 40.3 Å². The molecule has 0 aliphatic carbocycles. The minimum absolute atomic E-state index is 0.106. The van der Waals surface area contributed by atoms with Crippen molar-refractivity contribution in [2.24, 2.45) is 5.92 Å². The Morgan fingerprint density at radius 3 is 2.42 bits per heavy atom. The second-order valence-corrected chi connectivity index (χ2v) is 6.59. The number of nitrogens with zero attached hydrogens (tertiary/aromatic N) is 1. The Balaban J connectivity index is 1.96. The van der Waals surface area contributed by atoms with Crippen LogP contribution in [0.25, 0.3) is 0 Å². The first-order valence-electron chi connectivity index (χ1n) is 8.58. The van der Waals surface area contributed by atoms with Gasteiger partial charge in [-0.25, -0.2) is 9.78 Å². The van der Waals surface area contributed by atoms with Crippen LogP contribution in [0.3, 0.4) is 0 Å². The number of carbonyl (C=O) groups is 2. The minimum Gasteiger partial charge on any atom is -0.445 e. The van der Waals surface area contributed by atoms with Crippen molar-refractivity contribution in [2.75, 3.05) is 5.32 Å². The number of anilines is 1. The molecule has 0 aliphatic rings. The molecule has 0 unspecified atom stereocenters. The molecule has 0 saturated carbocycles. The first kappa shape index (κ1) is 19.4. The molecular weight excluding hydrogens is 330 g/mol. The Hall–Kier alpha value is -2.89. The number of benzene rings is 1. The van der Waals surface area contributed by atoms with Gasteiger partial charge >= 0.3 is 6.09 Å². The Morgan fingerprint density at radius 1 is 1.12 bits per heavy atom. The number of aromatic nitrogens is 1. The van der Waals surface area contributed by atoms with Crippen LogP contribution in [0.5, 0.6) is 0 Å². The van der Waals surface area contributed by atoms with Crippen molar-refractivity contribution in [3.05, 3.63) is 59.3 Å². The SMILES string of the molecule is Cc1cc(C)nc(NC(=O)[C@@H](NC(=O)OCc2ccccc2)C(C)C)c1. The van der Waals surface area contributed by atoms with E-state index in [1.807, 2.05) is 64.1 Å². The largest absolute Gasteiger partial charge is 0.445 e. The van der Waals surface area contributed by atoms with Gasteiger partial charge < -0.3 is 15.4 Å². The number of amides is 2. The molecule has 2 rings (SSSR count). The average molecular weight is 355 g/mol. The van der Waals surface area contributed by atoms with E-state index in [4.69, 9.17) is 4.74 Å². The van der Waals surface area contributed by atoms with Crippen LogP contribution in [0.2, 0.25) is 0 Å². The summed E-state index contributed by atoms with van der Waals surface area (Å²) in [5.41, 5.74) is 2.70. The summed E-state index contributed by atoms with van der Waals surface area (Å²) in [6.45, 7) is 7.66. The van der Waals surface area contributed by atoms with E-state index in [2.05, 4.69) is 15.6 Å². The second kappa shape index (κ2) is 8.99. The predicted octanol–water partition coefficient (Wildman–Crippen LogP) is 3.59. The van der Waals surface area contributed by atoms with E-state index < -0.39 is 12.1 Å². The van der Waals surface area contributed by atoms with E-state index in [9.17, 15) is 9.59 Å². The molecule has 6 heteroatoms. The molecule has 0 fully saturated rings. The van der Waals surface area contributed by atoms with Crippen molar-refractivity contribution < 1.29 is 14.3 Å². The third-order valence-electron chi connectivity index (χ3n) is 3.78. The monoisotopic (exact) mass is 355 g/mol. The maximum atomic E-state index is 12.6. The topological polar surface area (TPSA) is 80.3 Å². The maximum absolute atomic E-state index is 12.6. The summed E-state index contributed by atoms with van der Waals surface area (Å²) in [5, 5.41) is 5.40. The van der Waals surface area contributed by atoms with Gasteiger partial charge in [-0.1, -0.05) is 44.2 Å². The van der Waals surface area contributed by atoms with E-state index >= 15 is 0 Å². The molecule has 1 aromatic heterocycles. The molecule has 2 N–H and O–H groups in total. The summed E-state index contributed by atoms with van der Waals surface area (Å²) in [6.07, 6.45) is -0.629. The van der Waals surface area contributed by atoms with Crippen LogP contribution in [0.4, 0.5) is 10.6 Å². The molecular formula is C20H25N3O3. The van der Waals surface area contributed by atoms with Gasteiger partial charge in [-0.3, -0.25) is 4.79 Å². The zero-order valence-corrected chi connectivity index (χ0v) is 15.6. The van der Waals surface area contributed by atoms with Gasteiger partial charge in [0.25, 0.3) is 0 Å². The number of rotatable bonds is 6. The van der Waals surface area contributed by atoms with E-state index in [0.717, 1.165) is 16.8 Å². The highest BCUT2D eigenvalue weighted by molar-refractivity contribution is 5.96. The summed E-state index contributed by atoms with van der Waals surface area (Å²) in [5.74, 6) is 0.0388. The molecule has 0 radical (unpaired) electrons. The van der Waals surface area contributed by atoms with Gasteiger partial charge in [0.1, 0.15) is 18.5 Å². The molecule has 1 aromatic carbocycles. The third-order valence-corrected chi connectivity index (χ3v) is 3.78.